The molecule has 0 atom stereocenters. The van der Waals surface area contributed by atoms with Crippen LogP contribution in [-0.2, 0) is 0 Å². The minimum absolute atomic E-state index is 0.300. The number of rotatable bonds is 0. The predicted molar refractivity (Wildman–Crippen MR) is 34.7 cm³/mol. The number of likely N-dealkylation sites (tertiary alicyclic amines) is 1. The van der Waals surface area contributed by atoms with Crippen molar-refractivity contribution in [2.75, 3.05) is 13.1 Å². The molecule has 1 rings (SSSR count). The van der Waals surface area contributed by atoms with Gasteiger partial charge in [0.1, 0.15) is 0 Å². The summed E-state index contributed by atoms with van der Waals surface area (Å²) in [6.45, 7) is 1.56. The molecule has 0 unspecified atom stereocenters. The molecule has 0 aromatic carbocycles. The van der Waals surface area contributed by atoms with Crippen molar-refractivity contribution in [3.63, 3.8) is 0 Å². The molecule has 0 aromatic heterocycles. The molecule has 2 amide bonds. The normalized spacial score (nSPS) is 19.8. The van der Waals surface area contributed by atoms with Crippen LogP contribution >= 0.6 is 0 Å². The second-order valence-electron chi connectivity index (χ2n) is 2.22. The van der Waals surface area contributed by atoms with Crippen molar-refractivity contribution in [3.05, 3.63) is 6.42 Å². The summed E-state index contributed by atoms with van der Waals surface area (Å²) in [5.74, 6) is 0. The van der Waals surface area contributed by atoms with Gasteiger partial charge < -0.3 is 10.6 Å². The molecule has 0 aromatic rings. The maximum Gasteiger partial charge on any atom is 0.314 e. The van der Waals surface area contributed by atoms with Gasteiger partial charge in [0, 0.05) is 13.1 Å². The fourth-order valence-electron chi connectivity index (χ4n) is 0.965. The van der Waals surface area contributed by atoms with Crippen LogP contribution in [0.2, 0.25) is 0 Å². The lowest BCUT2D eigenvalue weighted by Crippen LogP contribution is -2.39. The van der Waals surface area contributed by atoms with Gasteiger partial charge in [0.2, 0.25) is 0 Å². The van der Waals surface area contributed by atoms with Gasteiger partial charge in [-0.1, -0.05) is 0 Å². The highest BCUT2D eigenvalue weighted by molar-refractivity contribution is 5.72. The SMILES string of the molecule is NC(=O)N1C[CH]CCC1. The molecule has 1 radical (unpaired) electrons. The third-order valence-electron chi connectivity index (χ3n) is 1.50. The van der Waals surface area contributed by atoms with Crippen molar-refractivity contribution in [1.82, 2.24) is 4.90 Å². The molecule has 9 heavy (non-hydrogen) atoms. The Hall–Kier alpha value is -0.730. The van der Waals surface area contributed by atoms with E-state index in [1.807, 2.05) is 0 Å². The van der Waals surface area contributed by atoms with E-state index in [-0.39, 0.29) is 6.03 Å². The van der Waals surface area contributed by atoms with Crippen molar-refractivity contribution in [2.45, 2.75) is 12.8 Å². The minimum atomic E-state index is -0.300. The van der Waals surface area contributed by atoms with Crippen molar-refractivity contribution in [2.24, 2.45) is 5.73 Å². The van der Waals surface area contributed by atoms with E-state index >= 15 is 0 Å². The third-order valence-corrected chi connectivity index (χ3v) is 1.50. The van der Waals surface area contributed by atoms with Crippen LogP contribution in [-0.4, -0.2) is 24.0 Å². The Labute approximate surface area is 54.8 Å². The lowest BCUT2D eigenvalue weighted by atomic mass is 10.1. The van der Waals surface area contributed by atoms with Crippen LogP contribution in [0.15, 0.2) is 0 Å². The number of urea groups is 1. The van der Waals surface area contributed by atoms with Crippen molar-refractivity contribution in [1.29, 1.82) is 0 Å². The van der Waals surface area contributed by atoms with Gasteiger partial charge in [-0.05, 0) is 19.3 Å². The van der Waals surface area contributed by atoms with Crippen LogP contribution in [0.4, 0.5) is 4.79 Å². The molecule has 2 N–H and O–H groups in total. The summed E-state index contributed by atoms with van der Waals surface area (Å²) >= 11 is 0. The zero-order chi connectivity index (χ0) is 6.69. The molecule has 0 saturated carbocycles. The number of piperidine rings is 1. The maximum absolute atomic E-state index is 10.5. The average Bonchev–Trinajstić information content (AvgIpc) is 1.90. The van der Waals surface area contributed by atoms with Gasteiger partial charge in [0.25, 0.3) is 0 Å². The molecule has 3 heteroatoms. The second-order valence-corrected chi connectivity index (χ2v) is 2.22. The minimum Gasteiger partial charge on any atom is -0.351 e. The average molecular weight is 127 g/mol. The smallest absolute Gasteiger partial charge is 0.314 e. The van der Waals surface area contributed by atoms with E-state index in [9.17, 15) is 4.79 Å². The van der Waals surface area contributed by atoms with Gasteiger partial charge in [-0.25, -0.2) is 4.79 Å². The van der Waals surface area contributed by atoms with Gasteiger partial charge >= 0.3 is 6.03 Å². The van der Waals surface area contributed by atoms with E-state index in [1.165, 1.54) is 0 Å². The Bertz CT molecular complexity index is 108. The van der Waals surface area contributed by atoms with E-state index in [4.69, 9.17) is 5.73 Å². The molecular weight excluding hydrogens is 116 g/mol. The molecule has 1 aliphatic rings. The first-order chi connectivity index (χ1) is 4.30. The van der Waals surface area contributed by atoms with E-state index in [0.717, 1.165) is 25.9 Å². The standard InChI is InChI=1S/C6H11N2O/c7-6(9)8-4-2-1-3-5-8/h2H,1,3-5H2,(H2,7,9). The van der Waals surface area contributed by atoms with E-state index < -0.39 is 0 Å². The number of primary amides is 1. The Morgan fingerprint density at radius 2 is 2.44 bits per heavy atom. The van der Waals surface area contributed by atoms with E-state index in [2.05, 4.69) is 6.42 Å². The molecule has 0 spiro atoms. The summed E-state index contributed by atoms with van der Waals surface area (Å²) in [6, 6.07) is -0.300. The molecule has 0 aliphatic carbocycles. The lowest BCUT2D eigenvalue weighted by molar-refractivity contribution is 0.205. The molecule has 1 aliphatic heterocycles. The first-order valence-electron chi connectivity index (χ1n) is 3.17. The first-order valence-corrected chi connectivity index (χ1v) is 3.17. The highest BCUT2D eigenvalue weighted by atomic mass is 16.2. The van der Waals surface area contributed by atoms with E-state index in [0.29, 0.717) is 0 Å². The Kier molecular flexibility index (Phi) is 1.92. The summed E-state index contributed by atoms with van der Waals surface area (Å²) in [7, 11) is 0. The zero-order valence-electron chi connectivity index (χ0n) is 5.34. The van der Waals surface area contributed by atoms with Crippen LogP contribution in [0.25, 0.3) is 0 Å². The van der Waals surface area contributed by atoms with Crippen molar-refractivity contribution in [3.8, 4) is 0 Å². The molecule has 1 saturated heterocycles. The van der Waals surface area contributed by atoms with Crippen LogP contribution < -0.4 is 5.73 Å². The number of nitrogens with two attached hydrogens (primary N) is 1. The summed E-state index contributed by atoms with van der Waals surface area (Å²) in [5, 5.41) is 0. The molecule has 0 bridgehead atoms. The van der Waals surface area contributed by atoms with Crippen LogP contribution in [0.5, 0.6) is 0 Å². The quantitative estimate of drug-likeness (QED) is 0.502. The number of carbonyl (C=O) groups is 1. The number of nitrogens with zero attached hydrogens (tertiary/aromatic N) is 1. The molecule has 1 fully saturated rings. The predicted octanol–water partition coefficient (Wildman–Crippen LogP) is 0.365. The fraction of sp³-hybridized carbons (Fsp3) is 0.667. The van der Waals surface area contributed by atoms with Gasteiger partial charge in [-0.3, -0.25) is 0 Å². The topological polar surface area (TPSA) is 46.3 Å². The third kappa shape index (κ3) is 1.59. The highest BCUT2D eigenvalue weighted by Gasteiger charge is 2.12. The fourth-order valence-corrected chi connectivity index (χ4v) is 0.965. The number of hydrogen-bond donors (Lipinski definition) is 1. The van der Waals surface area contributed by atoms with Crippen LogP contribution in [0, 0.1) is 6.42 Å². The van der Waals surface area contributed by atoms with Gasteiger partial charge in [0.05, 0.1) is 0 Å². The number of hydrogen-bond acceptors (Lipinski definition) is 1. The number of carbonyl (C=O) groups excluding carboxylic acids is 1. The Morgan fingerprint density at radius 1 is 1.67 bits per heavy atom. The lowest BCUT2D eigenvalue weighted by Gasteiger charge is -2.23. The Balaban J connectivity index is 2.31. The van der Waals surface area contributed by atoms with Crippen molar-refractivity contribution >= 4 is 6.03 Å². The van der Waals surface area contributed by atoms with Crippen LogP contribution in [0.1, 0.15) is 12.8 Å². The molecule has 51 valence electrons. The highest BCUT2D eigenvalue weighted by Crippen LogP contribution is 2.05. The monoisotopic (exact) mass is 127 g/mol. The molecule has 1 heterocycles. The maximum atomic E-state index is 10.5. The molecular formula is C6H11N2O. The van der Waals surface area contributed by atoms with Crippen molar-refractivity contribution < 1.29 is 4.79 Å². The zero-order valence-corrected chi connectivity index (χ0v) is 5.34. The summed E-state index contributed by atoms with van der Waals surface area (Å²) in [4.78, 5) is 12.1. The largest absolute Gasteiger partial charge is 0.351 e. The van der Waals surface area contributed by atoms with Crippen LogP contribution in [0.3, 0.4) is 0 Å². The van der Waals surface area contributed by atoms with Gasteiger partial charge in [-0.15, -0.1) is 0 Å². The summed E-state index contributed by atoms with van der Waals surface area (Å²) < 4.78 is 0. The van der Waals surface area contributed by atoms with E-state index in [1.54, 1.807) is 4.90 Å². The number of amides is 2. The Morgan fingerprint density at radius 3 is 2.78 bits per heavy atom. The summed E-state index contributed by atoms with van der Waals surface area (Å²) in [6.07, 6.45) is 4.25. The second kappa shape index (κ2) is 2.71. The molecule has 3 nitrogen and oxygen atoms in total. The first kappa shape index (κ1) is 6.39. The van der Waals surface area contributed by atoms with Gasteiger partial charge in [0.15, 0.2) is 0 Å². The van der Waals surface area contributed by atoms with Gasteiger partial charge in [-0.2, -0.15) is 0 Å². The summed E-state index contributed by atoms with van der Waals surface area (Å²) in [5.41, 5.74) is 5.03.